The smallest absolute Gasteiger partial charge is 0.140 e. The number of nitrogens with two attached hydrogens (primary N) is 1. The molecular weight excluding hydrogens is 156 g/mol. The number of nitrogens with zero attached hydrogens (tertiary/aromatic N) is 1. The van der Waals surface area contributed by atoms with Crippen LogP contribution in [0.2, 0.25) is 0 Å². The highest BCUT2D eigenvalue weighted by atomic mass is 16.5. The van der Waals surface area contributed by atoms with Gasteiger partial charge in [0.2, 0.25) is 0 Å². The first-order valence-electron chi connectivity index (χ1n) is 3.80. The summed E-state index contributed by atoms with van der Waals surface area (Å²) in [4.78, 5) is 3.85. The Morgan fingerprint density at radius 1 is 1.67 bits per heavy atom. The summed E-state index contributed by atoms with van der Waals surface area (Å²) in [6, 6.07) is 0. The number of pyridine rings is 1. The van der Waals surface area contributed by atoms with Crippen molar-refractivity contribution in [3.05, 3.63) is 23.5 Å². The van der Waals surface area contributed by atoms with Crippen LogP contribution in [0.1, 0.15) is 17.2 Å². The number of hydrogen-bond donors (Lipinski definition) is 2. The number of aromatic hydroxyl groups is 1. The van der Waals surface area contributed by atoms with Crippen LogP contribution >= 0.6 is 0 Å². The van der Waals surface area contributed by atoms with Crippen LogP contribution in [0.5, 0.6) is 5.75 Å². The van der Waals surface area contributed by atoms with E-state index in [1.165, 1.54) is 6.20 Å². The third-order valence-electron chi connectivity index (χ3n) is 2.03. The van der Waals surface area contributed by atoms with Gasteiger partial charge in [-0.1, -0.05) is 0 Å². The van der Waals surface area contributed by atoms with E-state index in [4.69, 9.17) is 10.5 Å². The van der Waals surface area contributed by atoms with Crippen molar-refractivity contribution in [3.63, 3.8) is 0 Å². The van der Waals surface area contributed by atoms with E-state index in [-0.39, 0.29) is 11.9 Å². The standard InChI is InChI=1S/C8H10N2O2/c9-1-7-8-5(4-12-7)2-10-3-6(8)11/h2-3,7,11H,1,4,9H2. The minimum absolute atomic E-state index is 0.164. The zero-order chi connectivity index (χ0) is 8.55. The molecule has 0 bridgehead atoms. The monoisotopic (exact) mass is 166 g/mol. The summed E-state index contributed by atoms with van der Waals surface area (Å²) in [6.45, 7) is 0.892. The van der Waals surface area contributed by atoms with Gasteiger partial charge in [0.05, 0.1) is 18.9 Å². The maximum absolute atomic E-state index is 9.43. The Morgan fingerprint density at radius 2 is 2.50 bits per heavy atom. The van der Waals surface area contributed by atoms with Crippen LogP contribution in [0.3, 0.4) is 0 Å². The van der Waals surface area contributed by atoms with E-state index in [0.717, 1.165) is 11.1 Å². The van der Waals surface area contributed by atoms with Crippen LogP contribution < -0.4 is 5.73 Å². The van der Waals surface area contributed by atoms with Crippen molar-refractivity contribution in [2.24, 2.45) is 5.73 Å². The highest BCUT2D eigenvalue weighted by molar-refractivity contribution is 5.39. The summed E-state index contributed by atoms with van der Waals surface area (Å²) in [7, 11) is 0. The summed E-state index contributed by atoms with van der Waals surface area (Å²) in [6.07, 6.45) is 2.95. The first kappa shape index (κ1) is 7.52. The average Bonchev–Trinajstić information content (AvgIpc) is 2.49. The summed E-state index contributed by atoms with van der Waals surface area (Å²) in [5.74, 6) is 0.181. The quantitative estimate of drug-likeness (QED) is 0.630. The molecule has 1 aromatic heterocycles. The Labute approximate surface area is 70.0 Å². The molecule has 1 unspecified atom stereocenters. The summed E-state index contributed by atoms with van der Waals surface area (Å²) in [5, 5.41) is 9.43. The van der Waals surface area contributed by atoms with Crippen LogP contribution in [0.15, 0.2) is 12.4 Å². The molecule has 64 valence electrons. The second-order valence-corrected chi connectivity index (χ2v) is 2.77. The molecule has 2 heterocycles. The van der Waals surface area contributed by atoms with Gasteiger partial charge in [0.1, 0.15) is 5.75 Å². The largest absolute Gasteiger partial charge is 0.506 e. The molecule has 0 radical (unpaired) electrons. The van der Waals surface area contributed by atoms with Gasteiger partial charge in [-0.05, 0) is 0 Å². The predicted molar refractivity (Wildman–Crippen MR) is 42.5 cm³/mol. The Bertz CT molecular complexity index is 301. The summed E-state index contributed by atoms with van der Waals surface area (Å²) < 4.78 is 5.33. The predicted octanol–water partition coefficient (Wildman–Crippen LogP) is 0.317. The topological polar surface area (TPSA) is 68.4 Å². The SMILES string of the molecule is NCC1OCc2cncc(O)c21. The molecule has 3 N–H and O–H groups in total. The molecule has 0 aliphatic carbocycles. The van der Waals surface area contributed by atoms with Crippen molar-refractivity contribution in [3.8, 4) is 5.75 Å². The van der Waals surface area contributed by atoms with Crippen LogP contribution in [0.4, 0.5) is 0 Å². The number of rotatable bonds is 1. The van der Waals surface area contributed by atoms with E-state index in [9.17, 15) is 5.11 Å². The Hall–Kier alpha value is -1.13. The first-order valence-corrected chi connectivity index (χ1v) is 3.80. The second-order valence-electron chi connectivity index (χ2n) is 2.77. The molecule has 4 nitrogen and oxygen atoms in total. The van der Waals surface area contributed by atoms with E-state index in [0.29, 0.717) is 13.2 Å². The fourth-order valence-corrected chi connectivity index (χ4v) is 1.45. The summed E-state index contributed by atoms with van der Waals surface area (Å²) in [5.41, 5.74) is 7.20. The fraction of sp³-hybridized carbons (Fsp3) is 0.375. The Morgan fingerprint density at radius 3 is 3.25 bits per heavy atom. The van der Waals surface area contributed by atoms with Crippen LogP contribution in [-0.2, 0) is 11.3 Å². The molecule has 1 aliphatic heterocycles. The number of aromatic nitrogens is 1. The first-order chi connectivity index (χ1) is 5.83. The molecule has 0 spiro atoms. The van der Waals surface area contributed by atoms with Gasteiger partial charge in [0.15, 0.2) is 0 Å². The molecule has 12 heavy (non-hydrogen) atoms. The van der Waals surface area contributed by atoms with E-state index in [2.05, 4.69) is 4.98 Å². The van der Waals surface area contributed by atoms with Gasteiger partial charge in [-0.3, -0.25) is 4.98 Å². The molecule has 1 aliphatic rings. The molecule has 4 heteroatoms. The number of hydrogen-bond acceptors (Lipinski definition) is 4. The lowest BCUT2D eigenvalue weighted by molar-refractivity contribution is 0.0713. The van der Waals surface area contributed by atoms with Gasteiger partial charge in [0, 0.05) is 23.9 Å². The van der Waals surface area contributed by atoms with Crippen molar-refractivity contribution in [2.45, 2.75) is 12.7 Å². The normalized spacial score (nSPS) is 20.9. The van der Waals surface area contributed by atoms with Crippen molar-refractivity contribution >= 4 is 0 Å². The maximum atomic E-state index is 9.43. The van der Waals surface area contributed by atoms with E-state index in [1.54, 1.807) is 6.20 Å². The number of ether oxygens (including phenoxy) is 1. The Kier molecular flexibility index (Phi) is 1.71. The minimum Gasteiger partial charge on any atom is -0.506 e. The molecule has 0 aromatic carbocycles. The van der Waals surface area contributed by atoms with Crippen molar-refractivity contribution in [1.82, 2.24) is 4.98 Å². The zero-order valence-electron chi connectivity index (χ0n) is 6.53. The van der Waals surface area contributed by atoms with Gasteiger partial charge in [-0.25, -0.2) is 0 Å². The van der Waals surface area contributed by atoms with Gasteiger partial charge in [-0.15, -0.1) is 0 Å². The van der Waals surface area contributed by atoms with Gasteiger partial charge < -0.3 is 15.6 Å². The molecule has 0 saturated heterocycles. The molecule has 0 fully saturated rings. The van der Waals surface area contributed by atoms with Crippen LogP contribution in [-0.4, -0.2) is 16.6 Å². The van der Waals surface area contributed by atoms with E-state index < -0.39 is 0 Å². The van der Waals surface area contributed by atoms with Crippen LogP contribution in [0.25, 0.3) is 0 Å². The van der Waals surface area contributed by atoms with Crippen molar-refractivity contribution < 1.29 is 9.84 Å². The lowest BCUT2D eigenvalue weighted by Crippen LogP contribution is -2.11. The molecule has 1 atom stereocenters. The molecule has 0 saturated carbocycles. The summed E-state index contributed by atoms with van der Waals surface area (Å²) >= 11 is 0. The molecule has 0 amide bonds. The Balaban J connectivity index is 2.48. The lowest BCUT2D eigenvalue weighted by atomic mass is 10.1. The molecule has 1 aromatic rings. The second kappa shape index (κ2) is 2.73. The van der Waals surface area contributed by atoms with Crippen LogP contribution in [0, 0.1) is 0 Å². The highest BCUT2D eigenvalue weighted by Gasteiger charge is 2.25. The third kappa shape index (κ3) is 0.964. The average molecular weight is 166 g/mol. The highest BCUT2D eigenvalue weighted by Crippen LogP contribution is 2.35. The van der Waals surface area contributed by atoms with Gasteiger partial charge >= 0.3 is 0 Å². The molecule has 2 rings (SSSR count). The van der Waals surface area contributed by atoms with E-state index >= 15 is 0 Å². The molecular formula is C8H10N2O2. The fourth-order valence-electron chi connectivity index (χ4n) is 1.45. The minimum atomic E-state index is -0.164. The van der Waals surface area contributed by atoms with Gasteiger partial charge in [0.25, 0.3) is 0 Å². The number of fused-ring (bicyclic) bond motifs is 1. The third-order valence-corrected chi connectivity index (χ3v) is 2.03. The van der Waals surface area contributed by atoms with Crippen molar-refractivity contribution in [2.75, 3.05) is 6.54 Å². The van der Waals surface area contributed by atoms with Gasteiger partial charge in [-0.2, -0.15) is 0 Å². The zero-order valence-corrected chi connectivity index (χ0v) is 6.53. The van der Waals surface area contributed by atoms with E-state index in [1.807, 2.05) is 0 Å². The maximum Gasteiger partial charge on any atom is 0.140 e. The lowest BCUT2D eigenvalue weighted by Gasteiger charge is -2.07. The van der Waals surface area contributed by atoms with Crippen molar-refractivity contribution in [1.29, 1.82) is 0 Å².